The molecule has 4 aromatic rings. The van der Waals surface area contributed by atoms with Crippen molar-refractivity contribution in [2.45, 2.75) is 0 Å². The van der Waals surface area contributed by atoms with Gasteiger partial charge in [0.25, 0.3) is 5.91 Å². The van der Waals surface area contributed by atoms with Gasteiger partial charge in [-0.05, 0) is 60.2 Å². The molecule has 0 spiro atoms. The predicted molar refractivity (Wildman–Crippen MR) is 120 cm³/mol. The third-order valence-corrected chi connectivity index (χ3v) is 4.81. The Morgan fingerprint density at radius 1 is 0.969 bits per heavy atom. The van der Waals surface area contributed by atoms with Gasteiger partial charge < -0.3 is 14.8 Å². The second-order valence-electron chi connectivity index (χ2n) is 6.69. The molecular weight excluding hydrogens is 433 g/mol. The highest BCUT2D eigenvalue weighted by Gasteiger charge is 2.10. The molecule has 3 aromatic carbocycles. The second-order valence-corrected chi connectivity index (χ2v) is 7.10. The fourth-order valence-electron chi connectivity index (χ4n) is 2.91. The zero-order chi connectivity index (χ0) is 22.5. The molecule has 0 saturated carbocycles. The third-order valence-electron chi connectivity index (χ3n) is 4.52. The van der Waals surface area contributed by atoms with Gasteiger partial charge in [-0.25, -0.2) is 14.4 Å². The first-order chi connectivity index (χ1) is 15.5. The summed E-state index contributed by atoms with van der Waals surface area (Å²) in [6.45, 7) is 0. The van der Waals surface area contributed by atoms with E-state index < -0.39 is 0 Å². The lowest BCUT2D eigenvalue weighted by Gasteiger charge is -2.09. The summed E-state index contributed by atoms with van der Waals surface area (Å²) < 4.78 is 23.6. The molecule has 160 valence electrons. The van der Waals surface area contributed by atoms with E-state index in [4.69, 9.17) is 21.1 Å². The van der Waals surface area contributed by atoms with Crippen LogP contribution in [0.15, 0.2) is 79.1 Å². The van der Waals surface area contributed by atoms with Gasteiger partial charge >= 0.3 is 6.01 Å². The summed E-state index contributed by atoms with van der Waals surface area (Å²) >= 11 is 6.12. The van der Waals surface area contributed by atoms with Crippen LogP contribution in [0.1, 0.15) is 10.4 Å². The van der Waals surface area contributed by atoms with Crippen molar-refractivity contribution >= 4 is 23.2 Å². The molecule has 1 aromatic heterocycles. The van der Waals surface area contributed by atoms with Gasteiger partial charge in [0.15, 0.2) is 0 Å². The fourth-order valence-corrected chi connectivity index (χ4v) is 3.17. The van der Waals surface area contributed by atoms with Crippen LogP contribution in [-0.2, 0) is 0 Å². The van der Waals surface area contributed by atoms with Crippen LogP contribution in [-0.4, -0.2) is 23.0 Å². The van der Waals surface area contributed by atoms with Gasteiger partial charge in [-0.3, -0.25) is 4.79 Å². The minimum Gasteiger partial charge on any atom is -0.495 e. The van der Waals surface area contributed by atoms with E-state index in [0.717, 1.165) is 5.56 Å². The number of methoxy groups -OCH3 is 1. The number of hydrogen-bond acceptors (Lipinski definition) is 5. The number of carbonyl (C=O) groups excluding carboxylic acids is 1. The Morgan fingerprint density at radius 3 is 2.41 bits per heavy atom. The van der Waals surface area contributed by atoms with Gasteiger partial charge in [0.05, 0.1) is 12.1 Å². The standard InChI is InChI=1S/C24H17ClFN3O3/c1-31-22-10-7-19(12-21(22)25)29-23(30)16-4-2-3-15(11-16)17-13-27-24(28-14-17)32-20-8-5-18(26)6-9-20/h2-14H,1H3,(H,29,30). The first-order valence-electron chi connectivity index (χ1n) is 9.52. The van der Waals surface area contributed by atoms with Crippen molar-refractivity contribution < 1.29 is 18.7 Å². The summed E-state index contributed by atoms with van der Waals surface area (Å²) in [4.78, 5) is 21.1. The molecule has 4 rings (SSSR count). The van der Waals surface area contributed by atoms with Crippen molar-refractivity contribution in [2.24, 2.45) is 0 Å². The number of nitrogens with zero attached hydrogens (tertiary/aromatic N) is 2. The molecule has 1 heterocycles. The van der Waals surface area contributed by atoms with Crippen LogP contribution in [0.2, 0.25) is 5.02 Å². The lowest BCUT2D eigenvalue weighted by Crippen LogP contribution is -2.11. The third kappa shape index (κ3) is 5.01. The molecule has 0 aliphatic heterocycles. The maximum atomic E-state index is 13.0. The Labute approximate surface area is 188 Å². The number of hydrogen-bond donors (Lipinski definition) is 1. The van der Waals surface area contributed by atoms with Gasteiger partial charge in [-0.1, -0.05) is 23.7 Å². The number of nitrogens with one attached hydrogen (secondary N) is 1. The van der Waals surface area contributed by atoms with E-state index in [-0.39, 0.29) is 17.7 Å². The summed E-state index contributed by atoms with van der Waals surface area (Å²) in [5.41, 5.74) is 2.48. The molecule has 32 heavy (non-hydrogen) atoms. The minimum atomic E-state index is -0.354. The summed E-state index contributed by atoms with van der Waals surface area (Å²) in [7, 11) is 1.52. The topological polar surface area (TPSA) is 73.3 Å². The first-order valence-corrected chi connectivity index (χ1v) is 9.90. The lowest BCUT2D eigenvalue weighted by molar-refractivity contribution is 0.102. The summed E-state index contributed by atoms with van der Waals surface area (Å²) in [5, 5.41) is 3.21. The number of carbonyl (C=O) groups is 1. The second kappa shape index (κ2) is 9.45. The molecule has 0 aliphatic carbocycles. The van der Waals surface area contributed by atoms with Crippen LogP contribution >= 0.6 is 11.6 Å². The number of rotatable bonds is 6. The largest absolute Gasteiger partial charge is 0.495 e. The van der Waals surface area contributed by atoms with E-state index in [0.29, 0.717) is 33.3 Å². The van der Waals surface area contributed by atoms with Gasteiger partial charge in [0.2, 0.25) is 0 Å². The Hall–Kier alpha value is -3.97. The zero-order valence-corrected chi connectivity index (χ0v) is 17.6. The Kier molecular flexibility index (Phi) is 6.28. The molecule has 0 atom stereocenters. The Morgan fingerprint density at radius 2 is 1.72 bits per heavy atom. The summed E-state index contributed by atoms with van der Waals surface area (Å²) in [6.07, 6.45) is 3.18. The molecule has 0 aliphatic rings. The molecule has 6 nitrogen and oxygen atoms in total. The Bertz CT molecular complexity index is 1250. The van der Waals surface area contributed by atoms with Crippen LogP contribution in [0, 0.1) is 5.82 Å². The van der Waals surface area contributed by atoms with Crippen molar-refractivity contribution in [1.82, 2.24) is 9.97 Å². The van der Waals surface area contributed by atoms with E-state index in [1.165, 1.54) is 31.4 Å². The van der Waals surface area contributed by atoms with E-state index in [1.54, 1.807) is 48.8 Å². The molecule has 0 bridgehead atoms. The number of anilines is 1. The zero-order valence-electron chi connectivity index (χ0n) is 16.9. The van der Waals surface area contributed by atoms with Crippen molar-refractivity contribution in [3.63, 3.8) is 0 Å². The van der Waals surface area contributed by atoms with Crippen molar-refractivity contribution in [3.8, 4) is 28.6 Å². The minimum absolute atomic E-state index is 0.130. The Balaban J connectivity index is 1.47. The average Bonchev–Trinajstić information content (AvgIpc) is 2.81. The number of benzene rings is 3. The predicted octanol–water partition coefficient (Wildman–Crippen LogP) is 5.99. The highest BCUT2D eigenvalue weighted by molar-refractivity contribution is 6.32. The van der Waals surface area contributed by atoms with Crippen molar-refractivity contribution in [1.29, 1.82) is 0 Å². The smallest absolute Gasteiger partial charge is 0.321 e. The maximum Gasteiger partial charge on any atom is 0.321 e. The normalized spacial score (nSPS) is 10.5. The molecule has 1 N–H and O–H groups in total. The van der Waals surface area contributed by atoms with Gasteiger partial charge in [0.1, 0.15) is 17.3 Å². The van der Waals surface area contributed by atoms with Crippen LogP contribution < -0.4 is 14.8 Å². The summed E-state index contributed by atoms with van der Waals surface area (Å²) in [6, 6.07) is 17.8. The summed E-state index contributed by atoms with van der Waals surface area (Å²) in [5.74, 6) is 0.313. The number of aromatic nitrogens is 2. The van der Waals surface area contributed by atoms with Gasteiger partial charge in [0, 0.05) is 29.2 Å². The first kappa shape index (κ1) is 21.3. The quantitative estimate of drug-likeness (QED) is 0.391. The van der Waals surface area contributed by atoms with Gasteiger partial charge in [-0.2, -0.15) is 0 Å². The molecule has 1 amide bonds. The van der Waals surface area contributed by atoms with E-state index >= 15 is 0 Å². The molecular formula is C24H17ClFN3O3. The molecule has 0 unspecified atom stereocenters. The SMILES string of the molecule is COc1ccc(NC(=O)c2cccc(-c3cnc(Oc4ccc(F)cc4)nc3)c2)cc1Cl. The monoisotopic (exact) mass is 449 g/mol. The highest BCUT2D eigenvalue weighted by atomic mass is 35.5. The molecule has 0 saturated heterocycles. The maximum absolute atomic E-state index is 13.0. The van der Waals surface area contributed by atoms with E-state index in [1.807, 2.05) is 6.07 Å². The van der Waals surface area contributed by atoms with Crippen LogP contribution in [0.25, 0.3) is 11.1 Å². The van der Waals surface area contributed by atoms with Crippen LogP contribution in [0.3, 0.4) is 0 Å². The average molecular weight is 450 g/mol. The highest BCUT2D eigenvalue weighted by Crippen LogP contribution is 2.28. The lowest BCUT2D eigenvalue weighted by atomic mass is 10.1. The van der Waals surface area contributed by atoms with E-state index in [9.17, 15) is 9.18 Å². The fraction of sp³-hybridized carbons (Fsp3) is 0.0417. The number of halogens is 2. The van der Waals surface area contributed by atoms with Crippen LogP contribution in [0.4, 0.5) is 10.1 Å². The van der Waals surface area contributed by atoms with Crippen LogP contribution in [0.5, 0.6) is 17.5 Å². The van der Waals surface area contributed by atoms with Gasteiger partial charge in [-0.15, -0.1) is 0 Å². The van der Waals surface area contributed by atoms with Crippen molar-refractivity contribution in [3.05, 3.63) is 95.5 Å². The number of ether oxygens (including phenoxy) is 2. The van der Waals surface area contributed by atoms with Crippen molar-refractivity contribution in [2.75, 3.05) is 12.4 Å². The molecule has 0 fully saturated rings. The van der Waals surface area contributed by atoms with E-state index in [2.05, 4.69) is 15.3 Å². The number of amides is 1. The molecule has 8 heteroatoms. The molecule has 0 radical (unpaired) electrons.